The van der Waals surface area contributed by atoms with Gasteiger partial charge in [-0.1, -0.05) is 17.7 Å². The molecular formula is C15H22Cl2N2O4. The maximum atomic E-state index is 12.2. The summed E-state index contributed by atoms with van der Waals surface area (Å²) in [7, 11) is 0. The van der Waals surface area contributed by atoms with E-state index in [1.807, 2.05) is 6.92 Å². The van der Waals surface area contributed by atoms with Gasteiger partial charge in [0.05, 0.1) is 23.9 Å². The molecule has 1 aromatic rings. The lowest BCUT2D eigenvalue weighted by molar-refractivity contribution is -0.128. The van der Waals surface area contributed by atoms with Crippen LogP contribution in [0.5, 0.6) is 5.75 Å². The number of benzene rings is 1. The van der Waals surface area contributed by atoms with Gasteiger partial charge in [0.15, 0.2) is 5.75 Å². The number of nitrogens with one attached hydrogen (secondary N) is 2. The van der Waals surface area contributed by atoms with Crippen LogP contribution in [0.4, 0.5) is 5.69 Å². The number of hydrogen-bond acceptors (Lipinski definition) is 5. The van der Waals surface area contributed by atoms with E-state index in [0.717, 1.165) is 6.54 Å². The Labute approximate surface area is 147 Å². The molecule has 1 aromatic carbocycles. The van der Waals surface area contributed by atoms with Crippen molar-refractivity contribution in [3.63, 3.8) is 0 Å². The van der Waals surface area contributed by atoms with Crippen LogP contribution in [-0.4, -0.2) is 51.5 Å². The van der Waals surface area contributed by atoms with E-state index in [2.05, 4.69) is 10.6 Å². The molecule has 2 rings (SSSR count). The number of carbonyl (C=O) groups is 1. The molecule has 0 spiro atoms. The van der Waals surface area contributed by atoms with Gasteiger partial charge in [-0.05, 0) is 19.1 Å². The number of ether oxygens (including phenoxy) is 3. The Morgan fingerprint density at radius 1 is 1.48 bits per heavy atom. The topological polar surface area (TPSA) is 68.8 Å². The van der Waals surface area contributed by atoms with Crippen molar-refractivity contribution in [3.05, 3.63) is 23.2 Å². The molecule has 1 aliphatic heterocycles. The smallest absolute Gasteiger partial charge is 0.254 e. The zero-order chi connectivity index (χ0) is 15.8. The fraction of sp³-hybridized carbons (Fsp3) is 0.533. The minimum absolute atomic E-state index is 0. The Morgan fingerprint density at radius 2 is 2.30 bits per heavy atom. The summed E-state index contributed by atoms with van der Waals surface area (Å²) in [5.41, 5.74) is 0.531. The molecule has 8 heteroatoms. The van der Waals surface area contributed by atoms with Gasteiger partial charge in [0.2, 0.25) is 0 Å². The van der Waals surface area contributed by atoms with Gasteiger partial charge in [0.1, 0.15) is 12.7 Å². The molecule has 6 nitrogen and oxygen atoms in total. The van der Waals surface area contributed by atoms with E-state index in [4.69, 9.17) is 25.8 Å². The van der Waals surface area contributed by atoms with E-state index in [1.165, 1.54) is 0 Å². The molecule has 0 saturated carbocycles. The van der Waals surface area contributed by atoms with Crippen LogP contribution in [0.1, 0.15) is 6.92 Å². The average Bonchev–Trinajstić information content (AvgIpc) is 2.54. The lowest BCUT2D eigenvalue weighted by Crippen LogP contribution is -2.45. The summed E-state index contributed by atoms with van der Waals surface area (Å²) in [6, 6.07) is 5.22. The molecule has 130 valence electrons. The quantitative estimate of drug-likeness (QED) is 0.725. The second-order valence-electron chi connectivity index (χ2n) is 4.71. The highest BCUT2D eigenvalue weighted by Gasteiger charge is 2.23. The van der Waals surface area contributed by atoms with Crippen molar-refractivity contribution in [1.29, 1.82) is 0 Å². The average molecular weight is 365 g/mol. The Kier molecular flexibility index (Phi) is 9.28. The molecule has 0 bridgehead atoms. The van der Waals surface area contributed by atoms with Crippen LogP contribution in [0.2, 0.25) is 5.02 Å². The number of para-hydroxylation sites is 1. The van der Waals surface area contributed by atoms with E-state index >= 15 is 0 Å². The fourth-order valence-electron chi connectivity index (χ4n) is 2.05. The van der Waals surface area contributed by atoms with Crippen LogP contribution < -0.4 is 15.4 Å². The second kappa shape index (κ2) is 10.7. The molecule has 0 aliphatic carbocycles. The van der Waals surface area contributed by atoms with Crippen molar-refractivity contribution in [3.8, 4) is 5.75 Å². The van der Waals surface area contributed by atoms with Crippen LogP contribution in [0.25, 0.3) is 0 Å². The zero-order valence-corrected chi connectivity index (χ0v) is 14.5. The van der Waals surface area contributed by atoms with Gasteiger partial charge in [-0.2, -0.15) is 0 Å². The highest BCUT2D eigenvalue weighted by molar-refractivity contribution is 6.32. The van der Waals surface area contributed by atoms with Crippen molar-refractivity contribution >= 4 is 35.6 Å². The monoisotopic (exact) mass is 364 g/mol. The SMILES string of the molecule is CCOCCOc1c(Cl)cccc1NC(=O)C1CNCCO1.Cl. The summed E-state index contributed by atoms with van der Waals surface area (Å²) in [5, 5.41) is 6.37. The molecule has 1 atom stereocenters. The number of rotatable bonds is 7. The fourth-order valence-corrected chi connectivity index (χ4v) is 2.28. The van der Waals surface area contributed by atoms with Gasteiger partial charge >= 0.3 is 0 Å². The third kappa shape index (κ3) is 6.16. The Balaban J connectivity index is 0.00000264. The predicted molar refractivity (Wildman–Crippen MR) is 91.9 cm³/mol. The molecule has 1 fully saturated rings. The molecular weight excluding hydrogens is 343 g/mol. The van der Waals surface area contributed by atoms with Crippen LogP contribution in [0.3, 0.4) is 0 Å². The number of halogens is 2. The highest BCUT2D eigenvalue weighted by atomic mass is 35.5. The van der Waals surface area contributed by atoms with E-state index < -0.39 is 6.10 Å². The van der Waals surface area contributed by atoms with Crippen molar-refractivity contribution in [2.24, 2.45) is 0 Å². The Morgan fingerprint density at radius 3 is 3.00 bits per heavy atom. The van der Waals surface area contributed by atoms with E-state index in [9.17, 15) is 4.79 Å². The molecule has 23 heavy (non-hydrogen) atoms. The first-order valence-electron chi connectivity index (χ1n) is 7.34. The standard InChI is InChI=1S/C15H21ClN2O4.ClH/c1-2-20-8-9-22-14-11(16)4-3-5-12(14)18-15(19)13-10-17-6-7-21-13;/h3-5,13,17H,2,6-10H2,1H3,(H,18,19);1H. The first kappa shape index (κ1) is 20.0. The summed E-state index contributed by atoms with van der Waals surface area (Å²) >= 11 is 6.15. The van der Waals surface area contributed by atoms with Crippen LogP contribution in [0.15, 0.2) is 18.2 Å². The minimum Gasteiger partial charge on any atom is -0.487 e. The van der Waals surface area contributed by atoms with Crippen LogP contribution in [-0.2, 0) is 14.3 Å². The van der Waals surface area contributed by atoms with Gasteiger partial charge in [-0.25, -0.2) is 0 Å². The highest BCUT2D eigenvalue weighted by Crippen LogP contribution is 2.33. The minimum atomic E-state index is -0.510. The molecule has 0 aromatic heterocycles. The number of morpholine rings is 1. The molecule has 1 amide bonds. The number of hydrogen-bond donors (Lipinski definition) is 2. The molecule has 0 radical (unpaired) electrons. The third-order valence-electron chi connectivity index (χ3n) is 3.12. The summed E-state index contributed by atoms with van der Waals surface area (Å²) in [6.45, 7) is 5.14. The maximum absolute atomic E-state index is 12.2. The lowest BCUT2D eigenvalue weighted by atomic mass is 10.2. The molecule has 1 heterocycles. The lowest BCUT2D eigenvalue weighted by Gasteiger charge is -2.23. The maximum Gasteiger partial charge on any atom is 0.254 e. The number of carbonyl (C=O) groups excluding carboxylic acids is 1. The van der Waals surface area contributed by atoms with Gasteiger partial charge < -0.3 is 24.8 Å². The summed E-state index contributed by atoms with van der Waals surface area (Å²) in [4.78, 5) is 12.2. The predicted octanol–water partition coefficient (Wildman–Crippen LogP) is 2.10. The van der Waals surface area contributed by atoms with Gasteiger partial charge in [-0.15, -0.1) is 12.4 Å². The Bertz CT molecular complexity index is 496. The Hall–Kier alpha value is -1.05. The largest absolute Gasteiger partial charge is 0.487 e. The van der Waals surface area contributed by atoms with E-state index in [-0.39, 0.29) is 18.3 Å². The van der Waals surface area contributed by atoms with Crippen molar-refractivity contribution < 1.29 is 19.0 Å². The van der Waals surface area contributed by atoms with Crippen LogP contribution >= 0.6 is 24.0 Å². The van der Waals surface area contributed by atoms with Gasteiger partial charge in [0.25, 0.3) is 5.91 Å². The summed E-state index contributed by atoms with van der Waals surface area (Å²) in [6.07, 6.45) is -0.510. The summed E-state index contributed by atoms with van der Waals surface area (Å²) < 4.78 is 16.3. The summed E-state index contributed by atoms with van der Waals surface area (Å²) in [5.74, 6) is 0.227. The van der Waals surface area contributed by atoms with Crippen molar-refractivity contribution in [2.45, 2.75) is 13.0 Å². The van der Waals surface area contributed by atoms with Crippen LogP contribution in [0, 0.1) is 0 Å². The van der Waals surface area contributed by atoms with Crippen molar-refractivity contribution in [1.82, 2.24) is 5.32 Å². The molecule has 1 unspecified atom stereocenters. The first-order chi connectivity index (χ1) is 10.7. The van der Waals surface area contributed by atoms with Gasteiger partial charge in [-0.3, -0.25) is 4.79 Å². The number of anilines is 1. The van der Waals surface area contributed by atoms with E-state index in [0.29, 0.717) is 49.4 Å². The molecule has 2 N–H and O–H groups in total. The number of amides is 1. The molecule has 1 saturated heterocycles. The normalized spacial score (nSPS) is 17.2. The van der Waals surface area contributed by atoms with E-state index in [1.54, 1.807) is 18.2 Å². The third-order valence-corrected chi connectivity index (χ3v) is 3.42. The zero-order valence-electron chi connectivity index (χ0n) is 13.0. The van der Waals surface area contributed by atoms with Gasteiger partial charge in [0, 0.05) is 19.7 Å². The molecule has 1 aliphatic rings. The second-order valence-corrected chi connectivity index (χ2v) is 5.12. The first-order valence-corrected chi connectivity index (χ1v) is 7.72. The van der Waals surface area contributed by atoms with Crippen molar-refractivity contribution in [2.75, 3.05) is 44.8 Å².